The zero-order valence-electron chi connectivity index (χ0n) is 14.9. The lowest BCUT2D eigenvalue weighted by molar-refractivity contribution is 0.0610. The maximum atomic E-state index is 13.2. The molecule has 140 valence electrons. The summed E-state index contributed by atoms with van der Waals surface area (Å²) in [6.45, 7) is 0.907. The van der Waals surface area contributed by atoms with Crippen LogP contribution in [-0.2, 0) is 20.0 Å². The average molecular weight is 369 g/mol. The normalized spacial score (nSPS) is 16.9. The summed E-state index contributed by atoms with van der Waals surface area (Å²) in [7, 11) is 1.79. The number of aryl methyl sites for hydroxylation is 1. The summed E-state index contributed by atoms with van der Waals surface area (Å²) >= 11 is 0. The monoisotopic (exact) mass is 369 g/mol. The van der Waals surface area contributed by atoms with E-state index in [-0.39, 0.29) is 18.0 Å². The molecule has 0 fully saturated rings. The van der Waals surface area contributed by atoms with Gasteiger partial charge in [-0.2, -0.15) is 0 Å². The van der Waals surface area contributed by atoms with E-state index >= 15 is 0 Å². The fraction of sp³-hybridized carbons (Fsp3) is 0.316. The number of rotatable bonds is 6. The minimum Gasteiger partial charge on any atom is -0.486 e. The Bertz CT molecular complexity index is 899. The van der Waals surface area contributed by atoms with Crippen LogP contribution in [0.25, 0.3) is 0 Å². The highest BCUT2D eigenvalue weighted by molar-refractivity contribution is 5.41. The molecule has 1 N–H and O–H groups in total. The third-order valence-electron chi connectivity index (χ3n) is 4.58. The van der Waals surface area contributed by atoms with Crippen LogP contribution >= 0.6 is 0 Å². The Morgan fingerprint density at radius 3 is 2.70 bits per heavy atom. The zero-order valence-corrected chi connectivity index (χ0v) is 14.9. The maximum Gasteiger partial charge on any atom is 0.164 e. The Morgan fingerprint density at radius 1 is 1.19 bits per heavy atom. The van der Waals surface area contributed by atoms with Crippen molar-refractivity contribution in [3.8, 4) is 11.5 Å². The predicted octanol–water partition coefficient (Wildman–Crippen LogP) is 1.89. The number of benzene rings is 2. The van der Waals surface area contributed by atoms with E-state index in [0.29, 0.717) is 19.6 Å². The van der Waals surface area contributed by atoms with Crippen molar-refractivity contribution in [1.82, 2.24) is 25.5 Å². The number of nitrogens with zero attached hydrogens (tertiary/aromatic N) is 4. The molecule has 3 aromatic rings. The molecule has 1 aliphatic rings. The summed E-state index contributed by atoms with van der Waals surface area (Å²) < 4.78 is 26.9. The second kappa shape index (κ2) is 7.71. The van der Waals surface area contributed by atoms with Gasteiger partial charge in [0, 0.05) is 7.05 Å². The number of nitrogens with one attached hydrogen (secondary N) is 1. The van der Waals surface area contributed by atoms with Gasteiger partial charge in [0.1, 0.15) is 18.5 Å². The number of para-hydroxylation sites is 2. The van der Waals surface area contributed by atoms with Crippen LogP contribution in [0.15, 0.2) is 48.5 Å². The molecule has 1 aliphatic heterocycles. The molecule has 0 saturated carbocycles. The van der Waals surface area contributed by atoms with Gasteiger partial charge in [-0.1, -0.05) is 24.3 Å². The van der Waals surface area contributed by atoms with Crippen molar-refractivity contribution in [2.75, 3.05) is 6.61 Å². The smallest absolute Gasteiger partial charge is 0.164 e. The molecular formula is C19H20FN5O2. The topological polar surface area (TPSA) is 74.1 Å². The molecule has 4 rings (SSSR count). The molecular weight excluding hydrogens is 349 g/mol. The maximum absolute atomic E-state index is 13.2. The minimum absolute atomic E-state index is 0.0690. The first-order valence-electron chi connectivity index (χ1n) is 8.76. The van der Waals surface area contributed by atoms with Gasteiger partial charge in [-0.15, -0.1) is 5.10 Å². The number of aromatic nitrogens is 4. The minimum atomic E-state index is -0.250. The molecule has 7 nitrogen and oxygen atoms in total. The predicted molar refractivity (Wildman–Crippen MR) is 95.9 cm³/mol. The van der Waals surface area contributed by atoms with E-state index in [0.717, 1.165) is 22.9 Å². The van der Waals surface area contributed by atoms with Gasteiger partial charge in [0.15, 0.2) is 17.3 Å². The molecule has 0 saturated heterocycles. The summed E-state index contributed by atoms with van der Waals surface area (Å²) in [6.07, 6.45) is 0.452. The Labute approximate surface area is 156 Å². The van der Waals surface area contributed by atoms with Crippen LogP contribution in [-0.4, -0.2) is 39.0 Å². The number of hydrogen-bond acceptors (Lipinski definition) is 6. The molecule has 27 heavy (non-hydrogen) atoms. The molecule has 8 heteroatoms. The van der Waals surface area contributed by atoms with E-state index in [1.807, 2.05) is 24.3 Å². The van der Waals surface area contributed by atoms with Crippen molar-refractivity contribution < 1.29 is 13.9 Å². The summed E-state index contributed by atoms with van der Waals surface area (Å²) in [5.74, 6) is 1.93. The Morgan fingerprint density at radius 2 is 1.96 bits per heavy atom. The Balaban J connectivity index is 1.52. The fourth-order valence-corrected chi connectivity index (χ4v) is 3.06. The highest BCUT2D eigenvalue weighted by Crippen LogP contribution is 2.32. The molecule has 0 bridgehead atoms. The van der Waals surface area contributed by atoms with E-state index in [1.165, 1.54) is 12.1 Å². The quantitative estimate of drug-likeness (QED) is 0.715. The molecule has 2 atom stereocenters. The molecule has 0 amide bonds. The van der Waals surface area contributed by atoms with Gasteiger partial charge in [0.05, 0.1) is 12.6 Å². The molecule has 2 unspecified atom stereocenters. The van der Waals surface area contributed by atoms with Crippen molar-refractivity contribution in [2.45, 2.75) is 25.1 Å². The van der Waals surface area contributed by atoms with Crippen LogP contribution in [0.3, 0.4) is 0 Å². The van der Waals surface area contributed by atoms with Gasteiger partial charge in [0.25, 0.3) is 0 Å². The van der Waals surface area contributed by atoms with E-state index in [2.05, 4.69) is 20.8 Å². The second-order valence-corrected chi connectivity index (χ2v) is 6.45. The Kier molecular flexibility index (Phi) is 4.97. The third kappa shape index (κ3) is 4.06. The third-order valence-corrected chi connectivity index (χ3v) is 4.58. The summed E-state index contributed by atoms with van der Waals surface area (Å²) in [4.78, 5) is 0. The Hall–Kier alpha value is -3.00. The SMILES string of the molecule is Cn1nnnc1CNC(Cc1ccc(F)cc1)C1COc2ccccc2O1. The van der Waals surface area contributed by atoms with Crippen molar-refractivity contribution >= 4 is 0 Å². The lowest BCUT2D eigenvalue weighted by atomic mass is 10.0. The molecule has 2 aromatic carbocycles. The zero-order chi connectivity index (χ0) is 18.6. The summed E-state index contributed by atoms with van der Waals surface area (Å²) in [6, 6.07) is 14.0. The van der Waals surface area contributed by atoms with Crippen LogP contribution in [0, 0.1) is 5.82 Å². The number of tetrazole rings is 1. The first kappa shape index (κ1) is 17.4. The molecule has 2 heterocycles. The summed E-state index contributed by atoms with van der Waals surface area (Å²) in [5.41, 5.74) is 1.01. The van der Waals surface area contributed by atoms with Gasteiger partial charge < -0.3 is 14.8 Å². The van der Waals surface area contributed by atoms with Crippen LogP contribution in [0.5, 0.6) is 11.5 Å². The van der Waals surface area contributed by atoms with Gasteiger partial charge in [-0.05, 0) is 46.7 Å². The highest BCUT2D eigenvalue weighted by Gasteiger charge is 2.29. The lowest BCUT2D eigenvalue weighted by Gasteiger charge is -2.33. The molecule has 1 aromatic heterocycles. The van der Waals surface area contributed by atoms with Crippen molar-refractivity contribution in [1.29, 1.82) is 0 Å². The number of halogens is 1. The van der Waals surface area contributed by atoms with Crippen LogP contribution in [0.2, 0.25) is 0 Å². The van der Waals surface area contributed by atoms with E-state index in [1.54, 1.807) is 23.9 Å². The number of hydrogen-bond donors (Lipinski definition) is 1. The summed E-state index contributed by atoms with van der Waals surface area (Å²) in [5, 5.41) is 15.0. The van der Waals surface area contributed by atoms with Crippen LogP contribution in [0.1, 0.15) is 11.4 Å². The molecule has 0 aliphatic carbocycles. The van der Waals surface area contributed by atoms with E-state index in [4.69, 9.17) is 9.47 Å². The van der Waals surface area contributed by atoms with Crippen LogP contribution < -0.4 is 14.8 Å². The first-order valence-corrected chi connectivity index (χ1v) is 8.76. The number of ether oxygens (including phenoxy) is 2. The van der Waals surface area contributed by atoms with Crippen molar-refractivity contribution in [3.63, 3.8) is 0 Å². The average Bonchev–Trinajstić information content (AvgIpc) is 3.11. The standard InChI is InChI=1S/C19H20FN5O2/c1-25-19(22-23-24-25)11-21-15(10-13-6-8-14(20)9-7-13)18-12-26-16-4-2-3-5-17(16)27-18/h2-9,15,18,21H,10-12H2,1H3. The van der Waals surface area contributed by atoms with Crippen molar-refractivity contribution in [3.05, 3.63) is 65.7 Å². The van der Waals surface area contributed by atoms with Gasteiger partial charge >= 0.3 is 0 Å². The largest absolute Gasteiger partial charge is 0.486 e. The fourth-order valence-electron chi connectivity index (χ4n) is 3.06. The second-order valence-electron chi connectivity index (χ2n) is 6.45. The highest BCUT2D eigenvalue weighted by atomic mass is 19.1. The van der Waals surface area contributed by atoms with E-state index in [9.17, 15) is 4.39 Å². The molecule has 0 radical (unpaired) electrons. The first-order chi connectivity index (χ1) is 13.2. The van der Waals surface area contributed by atoms with Gasteiger partial charge in [0.2, 0.25) is 0 Å². The van der Waals surface area contributed by atoms with Gasteiger partial charge in [-0.3, -0.25) is 0 Å². The number of fused-ring (bicyclic) bond motifs is 1. The lowest BCUT2D eigenvalue weighted by Crippen LogP contribution is -2.49. The van der Waals surface area contributed by atoms with Gasteiger partial charge in [-0.25, -0.2) is 9.07 Å². The van der Waals surface area contributed by atoms with E-state index < -0.39 is 0 Å². The van der Waals surface area contributed by atoms with Crippen LogP contribution in [0.4, 0.5) is 4.39 Å². The van der Waals surface area contributed by atoms with Crippen molar-refractivity contribution in [2.24, 2.45) is 7.05 Å². The molecule has 0 spiro atoms.